The zero-order chi connectivity index (χ0) is 15.6. The smallest absolute Gasteiger partial charge is 0.335 e. The molecule has 6 nitrogen and oxygen atoms in total. The number of carboxylic acid groups (broad SMARTS) is 2. The molecule has 2 rings (SSSR count). The molecular formula is C15H12O6. The zero-order valence-electron chi connectivity index (χ0n) is 10.7. The molecule has 0 saturated heterocycles. The van der Waals surface area contributed by atoms with E-state index in [1.807, 2.05) is 0 Å². The van der Waals surface area contributed by atoms with Gasteiger partial charge in [-0.15, -0.1) is 0 Å². The molecule has 0 amide bonds. The predicted molar refractivity (Wildman–Crippen MR) is 73.0 cm³/mol. The highest BCUT2D eigenvalue weighted by molar-refractivity contribution is 5.91. The van der Waals surface area contributed by atoms with E-state index in [1.54, 1.807) is 0 Å². The second-order valence-electron chi connectivity index (χ2n) is 4.41. The largest absolute Gasteiger partial charge is 0.478 e. The van der Waals surface area contributed by atoms with Crippen LogP contribution in [0.25, 0.3) is 11.1 Å². The Morgan fingerprint density at radius 1 is 0.762 bits per heavy atom. The first-order valence-corrected chi connectivity index (χ1v) is 5.96. The lowest BCUT2D eigenvalue weighted by atomic mass is 9.98. The van der Waals surface area contributed by atoms with Crippen LogP contribution in [0.15, 0.2) is 42.5 Å². The number of aliphatic hydroxyl groups excluding tert-OH is 1. The molecular weight excluding hydrogens is 276 g/mol. The number of benzene rings is 2. The van der Waals surface area contributed by atoms with Gasteiger partial charge in [-0.3, -0.25) is 0 Å². The van der Waals surface area contributed by atoms with Crippen molar-refractivity contribution in [2.75, 3.05) is 0 Å². The summed E-state index contributed by atoms with van der Waals surface area (Å²) in [5.41, 5.74) is 1.10. The molecule has 0 radical (unpaired) electrons. The maximum absolute atomic E-state index is 11.1. The van der Waals surface area contributed by atoms with Gasteiger partial charge in [-0.05, 0) is 41.5 Å². The van der Waals surface area contributed by atoms with E-state index in [2.05, 4.69) is 0 Å². The second kappa shape index (κ2) is 5.74. The van der Waals surface area contributed by atoms with Gasteiger partial charge < -0.3 is 20.4 Å². The van der Waals surface area contributed by atoms with Crippen LogP contribution in [0.2, 0.25) is 0 Å². The first kappa shape index (κ1) is 14.7. The molecule has 0 fully saturated rings. The molecule has 21 heavy (non-hydrogen) atoms. The Hall–Kier alpha value is -2.70. The van der Waals surface area contributed by atoms with Crippen LogP contribution in [0.3, 0.4) is 0 Å². The minimum absolute atomic E-state index is 0.0483. The predicted octanol–water partition coefficient (Wildman–Crippen LogP) is 1.73. The van der Waals surface area contributed by atoms with Crippen LogP contribution in [0.4, 0.5) is 0 Å². The van der Waals surface area contributed by atoms with Crippen molar-refractivity contribution in [1.82, 2.24) is 0 Å². The highest BCUT2D eigenvalue weighted by atomic mass is 16.5. The highest BCUT2D eigenvalue weighted by Gasteiger charge is 2.12. The molecule has 108 valence electrons. The van der Waals surface area contributed by atoms with Crippen LogP contribution in [-0.2, 0) is 0 Å². The van der Waals surface area contributed by atoms with E-state index in [1.165, 1.54) is 42.5 Å². The van der Waals surface area contributed by atoms with Gasteiger partial charge in [0.05, 0.1) is 11.1 Å². The summed E-state index contributed by atoms with van der Waals surface area (Å²) in [4.78, 5) is 21.9. The molecule has 0 bridgehead atoms. The third kappa shape index (κ3) is 3.25. The number of hydrogen-bond donors (Lipinski definition) is 4. The minimum atomic E-state index is -1.79. The maximum Gasteiger partial charge on any atom is 0.335 e. The Labute approximate surface area is 119 Å². The number of aromatic carboxylic acids is 2. The summed E-state index contributed by atoms with van der Waals surface area (Å²) < 4.78 is 0. The molecule has 0 aromatic heterocycles. The van der Waals surface area contributed by atoms with E-state index < -0.39 is 18.2 Å². The molecule has 0 aliphatic heterocycles. The Balaban J connectivity index is 2.51. The fraction of sp³-hybridized carbons (Fsp3) is 0.0667. The van der Waals surface area contributed by atoms with Crippen LogP contribution in [0, 0.1) is 0 Å². The van der Waals surface area contributed by atoms with Gasteiger partial charge in [0, 0.05) is 5.56 Å². The number of aliphatic hydroxyl groups is 2. The quantitative estimate of drug-likeness (QED) is 0.637. The van der Waals surface area contributed by atoms with Gasteiger partial charge in [-0.1, -0.05) is 12.1 Å². The Kier molecular flexibility index (Phi) is 4.02. The number of carbonyl (C=O) groups is 2. The van der Waals surface area contributed by atoms with Crippen molar-refractivity contribution in [1.29, 1.82) is 0 Å². The Bertz CT molecular complexity index is 688. The maximum atomic E-state index is 11.1. The number of hydrogen-bond acceptors (Lipinski definition) is 4. The van der Waals surface area contributed by atoms with Crippen molar-refractivity contribution >= 4 is 11.9 Å². The summed E-state index contributed by atoms with van der Waals surface area (Å²) in [5, 5.41) is 36.3. The molecule has 6 heteroatoms. The van der Waals surface area contributed by atoms with Crippen LogP contribution in [0.1, 0.15) is 32.6 Å². The van der Waals surface area contributed by atoms with Crippen molar-refractivity contribution in [2.45, 2.75) is 6.29 Å². The molecule has 4 N–H and O–H groups in total. The fourth-order valence-corrected chi connectivity index (χ4v) is 1.90. The molecule has 0 saturated carbocycles. The molecule has 0 spiro atoms. The minimum Gasteiger partial charge on any atom is -0.478 e. The van der Waals surface area contributed by atoms with Crippen molar-refractivity contribution in [2.24, 2.45) is 0 Å². The monoisotopic (exact) mass is 288 g/mol. The van der Waals surface area contributed by atoms with Gasteiger partial charge in [0.2, 0.25) is 0 Å². The number of carboxylic acids is 2. The van der Waals surface area contributed by atoms with Gasteiger partial charge in [0.25, 0.3) is 0 Å². The van der Waals surface area contributed by atoms with Gasteiger partial charge in [0.1, 0.15) is 0 Å². The average molecular weight is 288 g/mol. The van der Waals surface area contributed by atoms with Crippen LogP contribution < -0.4 is 0 Å². The molecule has 0 aliphatic rings. The van der Waals surface area contributed by atoms with Gasteiger partial charge in [0.15, 0.2) is 6.29 Å². The Morgan fingerprint density at radius 3 is 1.81 bits per heavy atom. The summed E-state index contributed by atoms with van der Waals surface area (Å²) >= 11 is 0. The fourth-order valence-electron chi connectivity index (χ4n) is 1.90. The van der Waals surface area contributed by atoms with E-state index >= 15 is 0 Å². The van der Waals surface area contributed by atoms with Gasteiger partial charge in [-0.2, -0.15) is 0 Å². The normalized spacial score (nSPS) is 10.6. The van der Waals surface area contributed by atoms with E-state index in [4.69, 9.17) is 10.2 Å². The van der Waals surface area contributed by atoms with Crippen molar-refractivity contribution in [3.63, 3.8) is 0 Å². The summed E-state index contributed by atoms with van der Waals surface area (Å²) in [6, 6.07) is 9.81. The molecule has 0 heterocycles. The molecule has 0 atom stereocenters. The second-order valence-corrected chi connectivity index (χ2v) is 4.41. The average Bonchev–Trinajstić information content (AvgIpc) is 2.46. The van der Waals surface area contributed by atoms with E-state index in [0.717, 1.165) is 0 Å². The van der Waals surface area contributed by atoms with E-state index in [9.17, 15) is 19.8 Å². The molecule has 0 unspecified atom stereocenters. The standard InChI is InChI=1S/C15H12O6/c16-13(17)9-3-1-8(2-4-9)10-5-11(14(18)19)7-12(6-10)15(20)21/h1-7,14,18-19H,(H,16,17)(H,20,21). The van der Waals surface area contributed by atoms with E-state index in [0.29, 0.717) is 11.1 Å². The SMILES string of the molecule is O=C(O)c1ccc(-c2cc(C(=O)O)cc(C(O)O)c2)cc1. The van der Waals surface area contributed by atoms with Crippen LogP contribution in [-0.4, -0.2) is 32.4 Å². The lowest BCUT2D eigenvalue weighted by Crippen LogP contribution is -2.02. The van der Waals surface area contributed by atoms with Crippen molar-refractivity contribution in [3.05, 3.63) is 59.2 Å². The number of rotatable bonds is 4. The first-order chi connectivity index (χ1) is 9.88. The van der Waals surface area contributed by atoms with Crippen molar-refractivity contribution < 1.29 is 30.0 Å². The topological polar surface area (TPSA) is 115 Å². The van der Waals surface area contributed by atoms with Crippen LogP contribution >= 0.6 is 0 Å². The van der Waals surface area contributed by atoms with Crippen molar-refractivity contribution in [3.8, 4) is 11.1 Å². The molecule has 2 aromatic carbocycles. The third-order valence-electron chi connectivity index (χ3n) is 2.97. The summed E-state index contributed by atoms with van der Waals surface area (Å²) in [6.07, 6.45) is -1.79. The molecule has 0 aliphatic carbocycles. The Morgan fingerprint density at radius 2 is 1.33 bits per heavy atom. The first-order valence-electron chi connectivity index (χ1n) is 5.96. The zero-order valence-corrected chi connectivity index (χ0v) is 10.7. The summed E-state index contributed by atoms with van der Waals surface area (Å²) in [5.74, 6) is -2.26. The molecule has 2 aromatic rings. The van der Waals surface area contributed by atoms with Gasteiger partial charge >= 0.3 is 11.9 Å². The summed E-state index contributed by atoms with van der Waals surface area (Å²) in [6.45, 7) is 0. The van der Waals surface area contributed by atoms with Gasteiger partial charge in [-0.25, -0.2) is 9.59 Å². The third-order valence-corrected chi connectivity index (χ3v) is 2.97. The lowest BCUT2D eigenvalue weighted by Gasteiger charge is -2.09. The highest BCUT2D eigenvalue weighted by Crippen LogP contribution is 2.25. The van der Waals surface area contributed by atoms with Crippen LogP contribution in [0.5, 0.6) is 0 Å². The summed E-state index contributed by atoms with van der Waals surface area (Å²) in [7, 11) is 0. The van der Waals surface area contributed by atoms with E-state index in [-0.39, 0.29) is 16.7 Å². The lowest BCUT2D eigenvalue weighted by molar-refractivity contribution is -0.0424.